The number of amides is 1. The van der Waals surface area contributed by atoms with Crippen molar-refractivity contribution in [3.05, 3.63) is 40.2 Å². The molecule has 0 radical (unpaired) electrons. The number of carbonyl (C=O) groups excluding carboxylic acids is 2. The van der Waals surface area contributed by atoms with Crippen LogP contribution in [0.25, 0.3) is 0 Å². The number of hydrogen-bond donors (Lipinski definition) is 1. The Morgan fingerprint density at radius 2 is 2.17 bits per heavy atom. The van der Waals surface area contributed by atoms with E-state index in [4.69, 9.17) is 9.15 Å². The van der Waals surface area contributed by atoms with Crippen LogP contribution in [0.15, 0.2) is 22.8 Å². The summed E-state index contributed by atoms with van der Waals surface area (Å²) in [5.41, 5.74) is 1.60. The molecule has 7 heteroatoms. The lowest BCUT2D eigenvalue weighted by atomic mass is 10.1. The fourth-order valence-corrected chi connectivity index (χ4v) is 3.96. The van der Waals surface area contributed by atoms with Crippen LogP contribution in [0.2, 0.25) is 0 Å². The molecular formula is C17H16N2O4S. The quantitative estimate of drug-likeness (QED) is 0.679. The molecular weight excluding hydrogens is 328 g/mol. The van der Waals surface area contributed by atoms with Gasteiger partial charge in [0.05, 0.1) is 11.8 Å². The molecule has 1 aliphatic carbocycles. The summed E-state index contributed by atoms with van der Waals surface area (Å²) in [6.07, 6.45) is 6.50. The standard InChI is InChI=1S/C17H16N2O4S/c18-9-12-11-5-2-1-3-7-14(11)24-16(12)19-15(20)10-23-17(21)13-6-4-8-22-13/h4,6,8H,1-3,5,7,10H2,(H,19,20). The lowest BCUT2D eigenvalue weighted by molar-refractivity contribution is -0.119. The number of hydrogen-bond acceptors (Lipinski definition) is 6. The van der Waals surface area contributed by atoms with Crippen LogP contribution in [0.1, 0.15) is 45.8 Å². The van der Waals surface area contributed by atoms with Gasteiger partial charge in [-0.1, -0.05) is 6.42 Å². The zero-order valence-corrected chi connectivity index (χ0v) is 13.8. The number of aryl methyl sites for hydroxylation is 1. The van der Waals surface area contributed by atoms with Crippen molar-refractivity contribution < 1.29 is 18.7 Å². The van der Waals surface area contributed by atoms with Crippen molar-refractivity contribution in [2.45, 2.75) is 32.1 Å². The number of nitrogens with zero attached hydrogens (tertiary/aromatic N) is 1. The first-order chi connectivity index (χ1) is 11.7. The predicted molar refractivity (Wildman–Crippen MR) is 87.9 cm³/mol. The molecule has 24 heavy (non-hydrogen) atoms. The third-order valence-electron chi connectivity index (χ3n) is 3.84. The number of rotatable bonds is 4. The van der Waals surface area contributed by atoms with Crippen LogP contribution >= 0.6 is 11.3 Å². The summed E-state index contributed by atoms with van der Waals surface area (Å²) in [5, 5.41) is 12.7. The Kier molecular flexibility index (Phi) is 4.96. The number of carbonyl (C=O) groups is 2. The van der Waals surface area contributed by atoms with Crippen molar-refractivity contribution in [2.24, 2.45) is 0 Å². The van der Waals surface area contributed by atoms with Crippen molar-refractivity contribution in [2.75, 3.05) is 11.9 Å². The molecule has 0 bridgehead atoms. The van der Waals surface area contributed by atoms with Gasteiger partial charge in [-0.15, -0.1) is 11.3 Å². The summed E-state index contributed by atoms with van der Waals surface area (Å²) in [4.78, 5) is 24.8. The number of ether oxygens (including phenoxy) is 1. The van der Waals surface area contributed by atoms with Crippen LogP contribution in [-0.4, -0.2) is 18.5 Å². The van der Waals surface area contributed by atoms with Crippen molar-refractivity contribution in [1.82, 2.24) is 0 Å². The first-order valence-corrected chi connectivity index (χ1v) is 8.56. The van der Waals surface area contributed by atoms with Gasteiger partial charge in [0, 0.05) is 4.88 Å². The summed E-state index contributed by atoms with van der Waals surface area (Å²) < 4.78 is 9.80. The fourth-order valence-electron chi connectivity index (χ4n) is 2.71. The zero-order valence-electron chi connectivity index (χ0n) is 13.0. The van der Waals surface area contributed by atoms with E-state index >= 15 is 0 Å². The van der Waals surface area contributed by atoms with Crippen molar-refractivity contribution in [3.63, 3.8) is 0 Å². The second-order valence-corrected chi connectivity index (χ2v) is 6.59. The number of nitrogens with one attached hydrogen (secondary N) is 1. The maximum Gasteiger partial charge on any atom is 0.374 e. The van der Waals surface area contributed by atoms with E-state index in [-0.39, 0.29) is 5.76 Å². The molecule has 1 N–H and O–H groups in total. The van der Waals surface area contributed by atoms with Gasteiger partial charge >= 0.3 is 5.97 Å². The Morgan fingerprint density at radius 1 is 1.33 bits per heavy atom. The van der Waals surface area contributed by atoms with E-state index in [0.29, 0.717) is 10.6 Å². The van der Waals surface area contributed by atoms with E-state index in [9.17, 15) is 14.9 Å². The molecule has 124 valence electrons. The predicted octanol–water partition coefficient (Wildman–Crippen LogP) is 3.28. The Morgan fingerprint density at radius 3 is 2.92 bits per heavy atom. The average Bonchev–Trinajstić information content (AvgIpc) is 3.16. The molecule has 0 saturated carbocycles. The first-order valence-electron chi connectivity index (χ1n) is 7.74. The van der Waals surface area contributed by atoms with Gasteiger partial charge in [-0.05, 0) is 43.4 Å². The van der Waals surface area contributed by atoms with Crippen molar-refractivity contribution in [3.8, 4) is 6.07 Å². The van der Waals surface area contributed by atoms with Gasteiger partial charge in [-0.2, -0.15) is 5.26 Å². The van der Waals surface area contributed by atoms with E-state index in [0.717, 1.165) is 37.7 Å². The van der Waals surface area contributed by atoms with Crippen LogP contribution in [0.5, 0.6) is 0 Å². The maximum absolute atomic E-state index is 12.0. The molecule has 6 nitrogen and oxygen atoms in total. The highest BCUT2D eigenvalue weighted by atomic mass is 32.1. The van der Waals surface area contributed by atoms with E-state index in [1.807, 2.05) is 0 Å². The number of anilines is 1. The van der Waals surface area contributed by atoms with Crippen LogP contribution in [0.4, 0.5) is 5.00 Å². The first kappa shape index (κ1) is 16.3. The topological polar surface area (TPSA) is 92.3 Å². The number of esters is 1. The Bertz CT molecular complexity index is 786. The van der Waals surface area contributed by atoms with Gasteiger partial charge < -0.3 is 14.5 Å². The molecule has 0 aromatic carbocycles. The summed E-state index contributed by atoms with van der Waals surface area (Å²) >= 11 is 1.45. The Balaban J connectivity index is 1.64. The smallest absolute Gasteiger partial charge is 0.374 e. The molecule has 2 heterocycles. The Hall–Kier alpha value is -2.59. The summed E-state index contributed by atoms with van der Waals surface area (Å²) in [7, 11) is 0. The minimum Gasteiger partial charge on any atom is -0.457 e. The molecule has 0 spiro atoms. The number of thiophene rings is 1. The molecule has 0 saturated heterocycles. The van der Waals surface area contributed by atoms with Crippen molar-refractivity contribution >= 4 is 28.2 Å². The van der Waals surface area contributed by atoms with Gasteiger partial charge in [0.25, 0.3) is 5.91 Å². The number of nitriles is 1. The molecule has 3 rings (SSSR count). The molecule has 0 fully saturated rings. The van der Waals surface area contributed by atoms with Crippen LogP contribution < -0.4 is 5.32 Å². The summed E-state index contributed by atoms with van der Waals surface area (Å²) in [6.45, 7) is -0.424. The minimum atomic E-state index is -0.697. The molecule has 0 unspecified atom stereocenters. The van der Waals surface area contributed by atoms with E-state index in [1.54, 1.807) is 6.07 Å². The van der Waals surface area contributed by atoms with Gasteiger partial charge in [0.2, 0.25) is 5.76 Å². The monoisotopic (exact) mass is 344 g/mol. The normalized spacial score (nSPS) is 13.5. The third-order valence-corrected chi connectivity index (χ3v) is 5.05. The van der Waals surface area contributed by atoms with E-state index < -0.39 is 18.5 Å². The molecule has 0 aliphatic heterocycles. The molecule has 1 amide bonds. The van der Waals surface area contributed by atoms with E-state index in [1.165, 1.54) is 28.5 Å². The zero-order chi connectivity index (χ0) is 16.9. The highest BCUT2D eigenvalue weighted by Crippen LogP contribution is 2.36. The molecule has 2 aromatic rings. The van der Waals surface area contributed by atoms with Gasteiger partial charge in [0.1, 0.15) is 11.1 Å². The van der Waals surface area contributed by atoms with Gasteiger partial charge in [0.15, 0.2) is 6.61 Å². The SMILES string of the molecule is N#Cc1c(NC(=O)COC(=O)c2ccco2)sc2c1CCCCC2. The third kappa shape index (κ3) is 3.49. The fraction of sp³-hybridized carbons (Fsp3) is 0.353. The largest absolute Gasteiger partial charge is 0.457 e. The molecule has 1 aliphatic rings. The van der Waals surface area contributed by atoms with Crippen LogP contribution in [0, 0.1) is 11.3 Å². The summed E-state index contributed by atoms with van der Waals surface area (Å²) in [5.74, 6) is -1.12. The van der Waals surface area contributed by atoms with Crippen molar-refractivity contribution in [1.29, 1.82) is 5.26 Å². The molecule has 2 aromatic heterocycles. The number of fused-ring (bicyclic) bond motifs is 1. The second kappa shape index (κ2) is 7.32. The van der Waals surface area contributed by atoms with Crippen LogP contribution in [-0.2, 0) is 22.4 Å². The highest BCUT2D eigenvalue weighted by molar-refractivity contribution is 7.16. The highest BCUT2D eigenvalue weighted by Gasteiger charge is 2.21. The second-order valence-electron chi connectivity index (χ2n) is 5.48. The minimum absolute atomic E-state index is 0.0448. The maximum atomic E-state index is 12.0. The summed E-state index contributed by atoms with van der Waals surface area (Å²) in [6, 6.07) is 5.22. The average molecular weight is 344 g/mol. The van der Waals surface area contributed by atoms with Crippen LogP contribution in [0.3, 0.4) is 0 Å². The number of furan rings is 1. The lowest BCUT2D eigenvalue weighted by Crippen LogP contribution is -2.20. The molecule has 0 atom stereocenters. The van der Waals surface area contributed by atoms with E-state index in [2.05, 4.69) is 11.4 Å². The Labute approximate surface area is 143 Å². The van der Waals surface area contributed by atoms with Gasteiger partial charge in [-0.25, -0.2) is 4.79 Å². The van der Waals surface area contributed by atoms with Gasteiger partial charge in [-0.3, -0.25) is 4.79 Å². The lowest BCUT2D eigenvalue weighted by Gasteiger charge is -2.04.